The van der Waals surface area contributed by atoms with Crippen molar-refractivity contribution in [2.75, 3.05) is 32.5 Å². The summed E-state index contributed by atoms with van der Waals surface area (Å²) in [5.41, 5.74) is 0.637. The summed E-state index contributed by atoms with van der Waals surface area (Å²) in [6.07, 6.45) is 2.12. The second-order valence-corrected chi connectivity index (χ2v) is 8.92. The molecule has 0 saturated carbocycles. The average Bonchev–Trinajstić information content (AvgIpc) is 2.62. The summed E-state index contributed by atoms with van der Waals surface area (Å²) < 4.78 is 30.4. The number of benzene rings is 1. The van der Waals surface area contributed by atoms with Crippen molar-refractivity contribution in [3.8, 4) is 0 Å². The molecule has 0 unspecified atom stereocenters. The molecule has 9 heteroatoms. The van der Waals surface area contributed by atoms with Crippen LogP contribution < -0.4 is 0 Å². The molecule has 0 aromatic heterocycles. The molecule has 2 rings (SSSR count). The lowest BCUT2D eigenvalue weighted by molar-refractivity contribution is -0.151. The van der Waals surface area contributed by atoms with Crippen LogP contribution in [0.2, 0.25) is 5.02 Å². The number of piperidine rings is 1. The van der Waals surface area contributed by atoms with Gasteiger partial charge in [-0.2, -0.15) is 4.31 Å². The van der Waals surface area contributed by atoms with Gasteiger partial charge in [-0.25, -0.2) is 8.42 Å². The summed E-state index contributed by atoms with van der Waals surface area (Å²) in [5.74, 6) is -0.723. The van der Waals surface area contributed by atoms with Crippen molar-refractivity contribution in [3.05, 3.63) is 34.9 Å². The van der Waals surface area contributed by atoms with Gasteiger partial charge in [-0.3, -0.25) is 9.59 Å². The minimum Gasteiger partial charge on any atom is -0.466 e. The van der Waals surface area contributed by atoms with E-state index in [1.54, 1.807) is 36.1 Å². The smallest absolute Gasteiger partial charge is 0.309 e. The molecule has 0 bridgehead atoms. The van der Waals surface area contributed by atoms with Crippen LogP contribution in [0.25, 0.3) is 0 Å². The molecule has 1 aromatic carbocycles. The van der Waals surface area contributed by atoms with Crippen LogP contribution in [-0.2, 0) is 30.9 Å². The lowest BCUT2D eigenvalue weighted by Crippen LogP contribution is -2.46. The van der Waals surface area contributed by atoms with Crippen LogP contribution in [0.15, 0.2) is 24.3 Å². The predicted octanol–water partition coefficient (Wildman–Crippen LogP) is 1.90. The molecule has 1 saturated heterocycles. The van der Waals surface area contributed by atoms with Crippen LogP contribution in [0.4, 0.5) is 0 Å². The maximum Gasteiger partial charge on any atom is 0.309 e. The third-order valence-corrected chi connectivity index (χ3v) is 6.12. The standard InChI is InChI=1S/C18H25ClN2O5S/c1-3-26-18(23)14-8-10-20(11-9-14)17(22)13-21(27(2,24)25)12-15-6-4-5-7-16(15)19/h4-7,14H,3,8-13H2,1-2H3. The zero-order chi connectivity index (χ0) is 20.0. The summed E-state index contributed by atoms with van der Waals surface area (Å²) >= 11 is 6.11. The summed E-state index contributed by atoms with van der Waals surface area (Å²) in [7, 11) is -3.59. The van der Waals surface area contributed by atoms with Crippen molar-refractivity contribution in [3.63, 3.8) is 0 Å². The Morgan fingerprint density at radius 2 is 1.89 bits per heavy atom. The Hall–Kier alpha value is -1.64. The second kappa shape index (κ2) is 9.52. The monoisotopic (exact) mass is 416 g/mol. The molecule has 0 atom stereocenters. The first-order chi connectivity index (χ1) is 12.7. The first-order valence-corrected chi connectivity index (χ1v) is 11.1. The zero-order valence-corrected chi connectivity index (χ0v) is 17.1. The molecular weight excluding hydrogens is 392 g/mol. The molecule has 0 radical (unpaired) electrons. The summed E-state index contributed by atoms with van der Waals surface area (Å²) in [5, 5.41) is 0.453. The van der Waals surface area contributed by atoms with E-state index >= 15 is 0 Å². The Morgan fingerprint density at radius 3 is 2.44 bits per heavy atom. The Morgan fingerprint density at radius 1 is 1.26 bits per heavy atom. The van der Waals surface area contributed by atoms with Crippen LogP contribution in [0, 0.1) is 5.92 Å². The largest absolute Gasteiger partial charge is 0.466 e. The highest BCUT2D eigenvalue weighted by Gasteiger charge is 2.30. The van der Waals surface area contributed by atoms with Crippen molar-refractivity contribution in [1.82, 2.24) is 9.21 Å². The molecule has 1 aromatic rings. The van der Waals surface area contributed by atoms with E-state index in [0.29, 0.717) is 43.1 Å². The number of carbonyl (C=O) groups is 2. The zero-order valence-electron chi connectivity index (χ0n) is 15.6. The van der Waals surface area contributed by atoms with Crippen LogP contribution in [0.3, 0.4) is 0 Å². The number of likely N-dealkylation sites (tertiary alicyclic amines) is 1. The third-order valence-electron chi connectivity index (χ3n) is 4.55. The van der Waals surface area contributed by atoms with Gasteiger partial charge in [0.05, 0.1) is 25.3 Å². The van der Waals surface area contributed by atoms with Gasteiger partial charge in [0.15, 0.2) is 0 Å². The van der Waals surface area contributed by atoms with Gasteiger partial charge in [-0.15, -0.1) is 0 Å². The fourth-order valence-electron chi connectivity index (χ4n) is 2.98. The number of rotatable bonds is 7. The van der Waals surface area contributed by atoms with Gasteiger partial charge in [-0.05, 0) is 31.4 Å². The van der Waals surface area contributed by atoms with Crippen LogP contribution in [0.5, 0.6) is 0 Å². The summed E-state index contributed by atoms with van der Waals surface area (Å²) in [4.78, 5) is 26.0. The third kappa shape index (κ3) is 6.19. The van der Waals surface area contributed by atoms with E-state index in [-0.39, 0.29) is 30.9 Å². The van der Waals surface area contributed by atoms with Crippen molar-refractivity contribution < 1.29 is 22.7 Å². The lowest BCUT2D eigenvalue weighted by atomic mass is 9.97. The number of sulfonamides is 1. The highest BCUT2D eigenvalue weighted by atomic mass is 35.5. The van der Waals surface area contributed by atoms with Crippen LogP contribution in [-0.4, -0.2) is 62.0 Å². The van der Waals surface area contributed by atoms with Gasteiger partial charge in [0.1, 0.15) is 0 Å². The molecule has 0 aliphatic carbocycles. The molecule has 27 heavy (non-hydrogen) atoms. The van der Waals surface area contributed by atoms with Crippen molar-refractivity contribution in [1.29, 1.82) is 0 Å². The first kappa shape index (κ1) is 21.7. The Bertz CT molecular complexity index is 776. The minimum absolute atomic E-state index is 0.0313. The van der Waals surface area contributed by atoms with Gasteiger partial charge in [-0.1, -0.05) is 29.8 Å². The number of nitrogens with zero attached hydrogens (tertiary/aromatic N) is 2. The average molecular weight is 417 g/mol. The molecule has 0 spiro atoms. The maximum absolute atomic E-state index is 12.6. The van der Waals surface area contributed by atoms with Gasteiger partial charge in [0.25, 0.3) is 0 Å². The first-order valence-electron chi connectivity index (χ1n) is 8.85. The fourth-order valence-corrected chi connectivity index (χ4v) is 3.90. The maximum atomic E-state index is 12.6. The topological polar surface area (TPSA) is 84.0 Å². The number of amides is 1. The van der Waals surface area contributed by atoms with Crippen molar-refractivity contribution in [2.45, 2.75) is 26.3 Å². The number of carbonyl (C=O) groups excluding carboxylic acids is 2. The van der Waals surface area contributed by atoms with Gasteiger partial charge < -0.3 is 9.64 Å². The normalized spacial score (nSPS) is 15.8. The van der Waals surface area contributed by atoms with Gasteiger partial charge in [0, 0.05) is 24.7 Å². The van der Waals surface area contributed by atoms with Crippen molar-refractivity contribution >= 4 is 33.5 Å². The SMILES string of the molecule is CCOC(=O)C1CCN(C(=O)CN(Cc2ccccc2Cl)S(C)(=O)=O)CC1. The molecule has 1 aliphatic heterocycles. The molecule has 1 amide bonds. The van der Waals surface area contributed by atoms with E-state index < -0.39 is 10.0 Å². The Kier molecular flexibility index (Phi) is 7.64. The molecule has 1 aliphatic rings. The molecule has 0 N–H and O–H groups in total. The summed E-state index contributed by atoms with van der Waals surface area (Å²) in [6, 6.07) is 6.94. The summed E-state index contributed by atoms with van der Waals surface area (Å²) in [6.45, 7) is 2.69. The van der Waals surface area contributed by atoms with Gasteiger partial charge in [0.2, 0.25) is 15.9 Å². The highest BCUT2D eigenvalue weighted by Crippen LogP contribution is 2.21. The Balaban J connectivity index is 1.99. The number of hydrogen-bond acceptors (Lipinski definition) is 5. The van der Waals surface area contributed by atoms with E-state index in [4.69, 9.17) is 16.3 Å². The number of ether oxygens (including phenoxy) is 1. The second-order valence-electron chi connectivity index (χ2n) is 6.53. The number of hydrogen-bond donors (Lipinski definition) is 0. The van der Waals surface area contributed by atoms with E-state index in [2.05, 4.69) is 0 Å². The van der Waals surface area contributed by atoms with Crippen LogP contribution in [0.1, 0.15) is 25.3 Å². The highest BCUT2D eigenvalue weighted by molar-refractivity contribution is 7.88. The molecule has 1 fully saturated rings. The predicted molar refractivity (Wildman–Crippen MR) is 103 cm³/mol. The number of esters is 1. The quantitative estimate of drug-likeness (QED) is 0.634. The Labute approximate surface area is 165 Å². The fraction of sp³-hybridized carbons (Fsp3) is 0.556. The molecule has 1 heterocycles. The van der Waals surface area contributed by atoms with Crippen LogP contribution >= 0.6 is 11.6 Å². The van der Waals surface area contributed by atoms with E-state index in [1.807, 2.05) is 0 Å². The number of halogens is 1. The molecule has 7 nitrogen and oxygen atoms in total. The van der Waals surface area contributed by atoms with E-state index in [0.717, 1.165) is 10.6 Å². The minimum atomic E-state index is -3.59. The van der Waals surface area contributed by atoms with E-state index in [9.17, 15) is 18.0 Å². The lowest BCUT2D eigenvalue weighted by Gasteiger charge is -2.32. The van der Waals surface area contributed by atoms with Gasteiger partial charge >= 0.3 is 5.97 Å². The molecule has 150 valence electrons. The van der Waals surface area contributed by atoms with E-state index in [1.165, 1.54) is 0 Å². The van der Waals surface area contributed by atoms with Crippen molar-refractivity contribution in [2.24, 2.45) is 5.92 Å². The molecular formula is C18H25ClN2O5S.